The summed E-state index contributed by atoms with van der Waals surface area (Å²) >= 11 is 6.00. The van der Waals surface area contributed by atoms with Gasteiger partial charge in [-0.05, 0) is 18.6 Å². The highest BCUT2D eigenvalue weighted by molar-refractivity contribution is 6.29. The van der Waals surface area contributed by atoms with Crippen molar-refractivity contribution in [2.75, 3.05) is 18.5 Å². The third-order valence-electron chi connectivity index (χ3n) is 2.87. The van der Waals surface area contributed by atoms with Gasteiger partial charge in [0.15, 0.2) is 0 Å². The molecule has 0 saturated heterocycles. The van der Waals surface area contributed by atoms with Crippen molar-refractivity contribution in [3.8, 4) is 5.75 Å². The number of anilines is 1. The second-order valence-corrected chi connectivity index (χ2v) is 5.42. The minimum Gasteiger partial charge on any atom is -0.494 e. The van der Waals surface area contributed by atoms with E-state index in [0.717, 1.165) is 30.4 Å². The first-order valence-corrected chi connectivity index (χ1v) is 7.49. The van der Waals surface area contributed by atoms with Crippen LogP contribution >= 0.6 is 11.6 Å². The van der Waals surface area contributed by atoms with Gasteiger partial charge in [0.25, 0.3) is 0 Å². The van der Waals surface area contributed by atoms with Crippen LogP contribution in [-0.4, -0.2) is 23.1 Å². The van der Waals surface area contributed by atoms with E-state index >= 15 is 0 Å². The summed E-state index contributed by atoms with van der Waals surface area (Å²) in [6.07, 6.45) is 0.882. The van der Waals surface area contributed by atoms with Gasteiger partial charge in [-0.3, -0.25) is 0 Å². The fraction of sp³-hybridized carbons (Fsp3) is 0.375. The van der Waals surface area contributed by atoms with Crippen LogP contribution in [0.5, 0.6) is 5.75 Å². The van der Waals surface area contributed by atoms with E-state index in [0.29, 0.717) is 11.8 Å². The predicted octanol–water partition coefficient (Wildman–Crippen LogP) is 4.13. The van der Waals surface area contributed by atoms with Crippen LogP contribution in [0.15, 0.2) is 36.4 Å². The Morgan fingerprint density at radius 2 is 1.95 bits per heavy atom. The van der Waals surface area contributed by atoms with Crippen LogP contribution in [0.25, 0.3) is 0 Å². The molecule has 0 atom stereocenters. The Labute approximate surface area is 130 Å². The maximum atomic E-state index is 6.00. The third kappa shape index (κ3) is 5.23. The Kier molecular flexibility index (Phi) is 5.81. The van der Waals surface area contributed by atoms with E-state index in [4.69, 9.17) is 16.3 Å². The molecule has 0 fully saturated rings. The second kappa shape index (κ2) is 7.84. The second-order valence-electron chi connectivity index (χ2n) is 5.03. The van der Waals surface area contributed by atoms with Crippen molar-refractivity contribution in [3.63, 3.8) is 0 Å². The number of ether oxygens (including phenoxy) is 1. The number of nitrogens with zero attached hydrogens (tertiary/aromatic N) is 2. The maximum absolute atomic E-state index is 6.00. The Morgan fingerprint density at radius 1 is 1.19 bits per heavy atom. The van der Waals surface area contributed by atoms with Gasteiger partial charge < -0.3 is 10.1 Å². The topological polar surface area (TPSA) is 47.0 Å². The van der Waals surface area contributed by atoms with Crippen molar-refractivity contribution in [1.29, 1.82) is 0 Å². The highest BCUT2D eigenvalue weighted by Gasteiger charge is 2.06. The van der Waals surface area contributed by atoms with Gasteiger partial charge in [0.05, 0.1) is 6.61 Å². The number of halogens is 1. The SMILES string of the molecule is CC(C)c1nc(Cl)cc(NCCCOc2ccccc2)n1. The summed E-state index contributed by atoms with van der Waals surface area (Å²) in [5.41, 5.74) is 0. The fourth-order valence-electron chi connectivity index (χ4n) is 1.78. The molecule has 21 heavy (non-hydrogen) atoms. The molecule has 2 rings (SSSR count). The van der Waals surface area contributed by atoms with Crippen molar-refractivity contribution in [2.45, 2.75) is 26.2 Å². The van der Waals surface area contributed by atoms with Gasteiger partial charge in [0, 0.05) is 18.5 Å². The molecular formula is C16H20ClN3O. The number of hydrogen-bond acceptors (Lipinski definition) is 4. The van der Waals surface area contributed by atoms with Gasteiger partial charge in [0.1, 0.15) is 22.5 Å². The summed E-state index contributed by atoms with van der Waals surface area (Å²) in [6, 6.07) is 11.5. The first kappa shape index (κ1) is 15.6. The van der Waals surface area contributed by atoms with Crippen molar-refractivity contribution >= 4 is 17.4 Å². The number of benzene rings is 1. The van der Waals surface area contributed by atoms with Crippen LogP contribution in [0.3, 0.4) is 0 Å². The quantitative estimate of drug-likeness (QED) is 0.617. The van der Waals surface area contributed by atoms with E-state index < -0.39 is 0 Å². The zero-order valence-electron chi connectivity index (χ0n) is 12.3. The zero-order chi connectivity index (χ0) is 15.1. The number of para-hydroxylation sites is 1. The molecule has 112 valence electrons. The van der Waals surface area contributed by atoms with Gasteiger partial charge in [0.2, 0.25) is 0 Å². The Bertz CT molecular complexity index is 561. The van der Waals surface area contributed by atoms with Gasteiger partial charge in [-0.1, -0.05) is 43.6 Å². The number of hydrogen-bond donors (Lipinski definition) is 1. The molecule has 0 amide bonds. The summed E-state index contributed by atoms with van der Waals surface area (Å²) in [6.45, 7) is 5.52. The Morgan fingerprint density at radius 3 is 2.67 bits per heavy atom. The van der Waals surface area contributed by atoms with Crippen molar-refractivity contribution in [3.05, 3.63) is 47.4 Å². The van der Waals surface area contributed by atoms with Crippen LogP contribution in [0, 0.1) is 0 Å². The molecular weight excluding hydrogens is 286 g/mol. The minimum absolute atomic E-state index is 0.255. The summed E-state index contributed by atoms with van der Waals surface area (Å²) in [5, 5.41) is 3.72. The van der Waals surface area contributed by atoms with E-state index in [1.165, 1.54) is 0 Å². The zero-order valence-corrected chi connectivity index (χ0v) is 13.1. The Hall–Kier alpha value is -1.81. The molecule has 1 heterocycles. The summed E-state index contributed by atoms with van der Waals surface area (Å²) in [4.78, 5) is 8.65. The smallest absolute Gasteiger partial charge is 0.135 e. The highest BCUT2D eigenvalue weighted by Crippen LogP contribution is 2.17. The molecule has 0 unspecified atom stereocenters. The lowest BCUT2D eigenvalue weighted by Crippen LogP contribution is -2.10. The standard InChI is InChI=1S/C16H20ClN3O/c1-12(2)16-19-14(17)11-15(20-16)18-9-6-10-21-13-7-4-3-5-8-13/h3-5,7-8,11-12H,6,9-10H2,1-2H3,(H,18,19,20). The lowest BCUT2D eigenvalue weighted by Gasteiger charge is -2.10. The number of nitrogens with one attached hydrogen (secondary N) is 1. The largest absolute Gasteiger partial charge is 0.494 e. The molecule has 0 bridgehead atoms. The predicted molar refractivity (Wildman–Crippen MR) is 86.2 cm³/mol. The van der Waals surface area contributed by atoms with Crippen LogP contribution in [0.4, 0.5) is 5.82 Å². The first-order chi connectivity index (χ1) is 10.1. The molecule has 0 radical (unpaired) electrons. The molecule has 0 spiro atoms. The summed E-state index contributed by atoms with van der Waals surface area (Å²) in [5.74, 6) is 2.67. The summed E-state index contributed by atoms with van der Waals surface area (Å²) < 4.78 is 5.63. The molecule has 0 aliphatic rings. The molecule has 1 N–H and O–H groups in total. The monoisotopic (exact) mass is 305 g/mol. The van der Waals surface area contributed by atoms with E-state index in [1.807, 2.05) is 44.2 Å². The average Bonchev–Trinajstić information content (AvgIpc) is 2.47. The van der Waals surface area contributed by atoms with E-state index in [9.17, 15) is 0 Å². The van der Waals surface area contributed by atoms with Crippen molar-refractivity contribution < 1.29 is 4.74 Å². The normalized spacial score (nSPS) is 10.7. The molecule has 5 heteroatoms. The first-order valence-electron chi connectivity index (χ1n) is 7.11. The molecule has 4 nitrogen and oxygen atoms in total. The molecule has 1 aromatic carbocycles. The number of rotatable bonds is 7. The van der Waals surface area contributed by atoms with Gasteiger partial charge in [-0.15, -0.1) is 0 Å². The van der Waals surface area contributed by atoms with Crippen LogP contribution < -0.4 is 10.1 Å². The molecule has 0 aliphatic carbocycles. The highest BCUT2D eigenvalue weighted by atomic mass is 35.5. The lowest BCUT2D eigenvalue weighted by atomic mass is 10.2. The molecule has 2 aromatic rings. The van der Waals surface area contributed by atoms with Crippen LogP contribution in [0.1, 0.15) is 32.0 Å². The number of aromatic nitrogens is 2. The van der Waals surface area contributed by atoms with E-state index in [1.54, 1.807) is 6.07 Å². The van der Waals surface area contributed by atoms with Gasteiger partial charge in [-0.25, -0.2) is 9.97 Å². The fourth-order valence-corrected chi connectivity index (χ4v) is 1.97. The van der Waals surface area contributed by atoms with Crippen LogP contribution in [-0.2, 0) is 0 Å². The Balaban J connectivity index is 1.76. The third-order valence-corrected chi connectivity index (χ3v) is 3.06. The molecule has 0 aliphatic heterocycles. The van der Waals surface area contributed by atoms with E-state index in [2.05, 4.69) is 15.3 Å². The van der Waals surface area contributed by atoms with E-state index in [-0.39, 0.29) is 5.92 Å². The molecule has 1 aromatic heterocycles. The lowest BCUT2D eigenvalue weighted by molar-refractivity contribution is 0.315. The van der Waals surface area contributed by atoms with Crippen LogP contribution in [0.2, 0.25) is 5.15 Å². The van der Waals surface area contributed by atoms with Gasteiger partial charge in [-0.2, -0.15) is 0 Å². The van der Waals surface area contributed by atoms with Crippen molar-refractivity contribution in [1.82, 2.24) is 9.97 Å². The molecule has 0 saturated carbocycles. The minimum atomic E-state index is 0.255. The van der Waals surface area contributed by atoms with Gasteiger partial charge >= 0.3 is 0 Å². The van der Waals surface area contributed by atoms with Crippen molar-refractivity contribution in [2.24, 2.45) is 0 Å². The average molecular weight is 306 g/mol. The summed E-state index contributed by atoms with van der Waals surface area (Å²) in [7, 11) is 0. The maximum Gasteiger partial charge on any atom is 0.135 e.